The zero-order valence-corrected chi connectivity index (χ0v) is 11.8. The molecule has 3 N–H and O–H groups in total. The van der Waals surface area contributed by atoms with Crippen LogP contribution in [0.3, 0.4) is 0 Å². The van der Waals surface area contributed by atoms with E-state index in [4.69, 9.17) is 5.73 Å². The number of nitrogens with one attached hydrogen (secondary N) is 1. The molecule has 0 aromatic heterocycles. The predicted octanol–water partition coefficient (Wildman–Crippen LogP) is 1.98. The van der Waals surface area contributed by atoms with Gasteiger partial charge in [-0.15, -0.1) is 0 Å². The van der Waals surface area contributed by atoms with Crippen molar-refractivity contribution in [2.24, 2.45) is 10.7 Å². The Bertz CT molecular complexity index is 412. The fourth-order valence-electron chi connectivity index (χ4n) is 1.51. The molecule has 4 nitrogen and oxygen atoms in total. The first-order valence-corrected chi connectivity index (χ1v) is 6.35. The Kier molecular flexibility index (Phi) is 5.65. The summed E-state index contributed by atoms with van der Waals surface area (Å²) in [4.78, 5) is 6.50. The lowest BCUT2D eigenvalue weighted by atomic mass is 10.1. The number of hydrogen-bond donors (Lipinski definition) is 2. The third kappa shape index (κ3) is 4.75. The number of benzene rings is 1. The molecule has 0 spiro atoms. The average Bonchev–Trinajstić information content (AvgIpc) is 2.33. The van der Waals surface area contributed by atoms with Crippen LogP contribution in [-0.2, 0) is 0 Å². The van der Waals surface area contributed by atoms with Crippen LogP contribution in [0.25, 0.3) is 0 Å². The monoisotopic (exact) mass is 248 g/mol. The Morgan fingerprint density at radius 3 is 2.67 bits per heavy atom. The molecule has 0 aliphatic heterocycles. The summed E-state index contributed by atoms with van der Waals surface area (Å²) in [5, 5.41) is 3.11. The lowest BCUT2D eigenvalue weighted by Gasteiger charge is -2.12. The number of aryl methyl sites for hydroxylation is 2. The van der Waals surface area contributed by atoms with Crippen molar-refractivity contribution in [3.05, 3.63) is 29.3 Å². The van der Waals surface area contributed by atoms with E-state index in [9.17, 15) is 0 Å². The Morgan fingerprint density at radius 1 is 1.33 bits per heavy atom. The second kappa shape index (κ2) is 7.01. The summed E-state index contributed by atoms with van der Waals surface area (Å²) in [6, 6.07) is 6.18. The molecule has 18 heavy (non-hydrogen) atoms. The number of likely N-dealkylation sites (N-methyl/N-ethyl adjacent to an activating group) is 1. The van der Waals surface area contributed by atoms with Crippen LogP contribution in [0.5, 0.6) is 0 Å². The van der Waals surface area contributed by atoms with Crippen molar-refractivity contribution in [3.63, 3.8) is 0 Å². The van der Waals surface area contributed by atoms with Gasteiger partial charge in [-0.1, -0.05) is 13.0 Å². The van der Waals surface area contributed by atoms with Crippen LogP contribution in [0.4, 0.5) is 5.69 Å². The lowest BCUT2D eigenvalue weighted by molar-refractivity contribution is 0.363. The summed E-state index contributed by atoms with van der Waals surface area (Å²) in [5.74, 6) is 0.475. The Balaban J connectivity index is 2.50. The first-order chi connectivity index (χ1) is 8.52. The highest BCUT2D eigenvalue weighted by Crippen LogP contribution is 2.13. The van der Waals surface area contributed by atoms with E-state index in [0.717, 1.165) is 18.8 Å². The smallest absolute Gasteiger partial charge is 0.193 e. The van der Waals surface area contributed by atoms with E-state index in [0.29, 0.717) is 12.5 Å². The van der Waals surface area contributed by atoms with Crippen molar-refractivity contribution in [2.75, 3.05) is 32.0 Å². The molecule has 0 atom stereocenters. The van der Waals surface area contributed by atoms with Crippen LogP contribution in [0.1, 0.15) is 18.1 Å². The minimum Gasteiger partial charge on any atom is -0.370 e. The summed E-state index contributed by atoms with van der Waals surface area (Å²) in [6.07, 6.45) is 0. The summed E-state index contributed by atoms with van der Waals surface area (Å²) >= 11 is 0. The van der Waals surface area contributed by atoms with Gasteiger partial charge in [0.15, 0.2) is 5.96 Å². The number of rotatable bonds is 5. The average molecular weight is 248 g/mol. The predicted molar refractivity (Wildman–Crippen MR) is 79.2 cm³/mol. The summed E-state index contributed by atoms with van der Waals surface area (Å²) in [6.45, 7) is 8.97. The van der Waals surface area contributed by atoms with Crippen LogP contribution in [0, 0.1) is 13.8 Å². The fraction of sp³-hybridized carbons (Fsp3) is 0.500. The molecule has 0 aliphatic rings. The highest BCUT2D eigenvalue weighted by Gasteiger charge is 1.98. The van der Waals surface area contributed by atoms with Crippen molar-refractivity contribution >= 4 is 11.6 Å². The van der Waals surface area contributed by atoms with Gasteiger partial charge in [-0.2, -0.15) is 0 Å². The largest absolute Gasteiger partial charge is 0.370 e. The molecule has 0 unspecified atom stereocenters. The fourth-order valence-corrected chi connectivity index (χ4v) is 1.51. The third-order valence-electron chi connectivity index (χ3n) is 3.08. The van der Waals surface area contributed by atoms with Crippen LogP contribution in [-0.4, -0.2) is 37.5 Å². The number of aliphatic imine (C=N–C) groups is 1. The van der Waals surface area contributed by atoms with Crippen molar-refractivity contribution in [2.45, 2.75) is 20.8 Å². The van der Waals surface area contributed by atoms with Gasteiger partial charge in [0.2, 0.25) is 0 Å². The maximum absolute atomic E-state index is 5.84. The van der Waals surface area contributed by atoms with Crippen molar-refractivity contribution in [1.29, 1.82) is 0 Å². The standard InChI is InChI=1S/C14H24N4/c1-5-18(4)9-8-16-14(15)17-13-7-6-11(2)12(3)10-13/h6-7,10H,5,8-9H2,1-4H3,(H3,15,16,17). The molecule has 0 aliphatic carbocycles. The molecule has 1 aromatic carbocycles. The Labute approximate surface area is 110 Å². The first kappa shape index (κ1) is 14.5. The molecule has 0 bridgehead atoms. The summed E-state index contributed by atoms with van der Waals surface area (Å²) < 4.78 is 0. The number of anilines is 1. The molecule has 100 valence electrons. The molecule has 0 heterocycles. The Morgan fingerprint density at radius 2 is 2.06 bits per heavy atom. The molecule has 1 aromatic rings. The normalized spacial score (nSPS) is 11.9. The molecule has 0 saturated heterocycles. The first-order valence-electron chi connectivity index (χ1n) is 6.35. The van der Waals surface area contributed by atoms with Crippen molar-refractivity contribution in [1.82, 2.24) is 4.90 Å². The van der Waals surface area contributed by atoms with Crippen LogP contribution < -0.4 is 11.1 Å². The van der Waals surface area contributed by atoms with E-state index in [1.54, 1.807) is 0 Å². The lowest BCUT2D eigenvalue weighted by Crippen LogP contribution is -2.26. The number of guanidine groups is 1. The zero-order chi connectivity index (χ0) is 13.5. The minimum atomic E-state index is 0.475. The minimum absolute atomic E-state index is 0.475. The molecule has 1 rings (SSSR count). The molecular formula is C14H24N4. The molecule has 0 radical (unpaired) electrons. The van der Waals surface area contributed by atoms with E-state index < -0.39 is 0 Å². The maximum atomic E-state index is 5.84. The van der Waals surface area contributed by atoms with Crippen LogP contribution in [0.15, 0.2) is 23.2 Å². The highest BCUT2D eigenvalue weighted by molar-refractivity contribution is 5.92. The van der Waals surface area contributed by atoms with Crippen molar-refractivity contribution in [3.8, 4) is 0 Å². The van der Waals surface area contributed by atoms with Gasteiger partial charge in [0, 0.05) is 12.2 Å². The van der Waals surface area contributed by atoms with E-state index >= 15 is 0 Å². The highest BCUT2D eigenvalue weighted by atomic mass is 15.1. The van der Waals surface area contributed by atoms with E-state index in [1.807, 2.05) is 6.07 Å². The second-order valence-electron chi connectivity index (χ2n) is 4.59. The van der Waals surface area contributed by atoms with Crippen LogP contribution in [0.2, 0.25) is 0 Å². The van der Waals surface area contributed by atoms with Gasteiger partial charge in [-0.05, 0) is 50.7 Å². The third-order valence-corrected chi connectivity index (χ3v) is 3.08. The quantitative estimate of drug-likeness (QED) is 0.619. The van der Waals surface area contributed by atoms with Gasteiger partial charge in [0.1, 0.15) is 0 Å². The van der Waals surface area contributed by atoms with Gasteiger partial charge >= 0.3 is 0 Å². The molecular weight excluding hydrogens is 224 g/mol. The molecule has 0 saturated carbocycles. The number of nitrogens with two attached hydrogens (primary N) is 1. The van der Waals surface area contributed by atoms with Gasteiger partial charge in [-0.25, -0.2) is 0 Å². The zero-order valence-electron chi connectivity index (χ0n) is 11.8. The molecule has 0 amide bonds. The summed E-state index contributed by atoms with van der Waals surface area (Å²) in [5.41, 5.74) is 9.36. The van der Waals surface area contributed by atoms with Crippen molar-refractivity contribution < 1.29 is 0 Å². The summed E-state index contributed by atoms with van der Waals surface area (Å²) in [7, 11) is 2.07. The molecule has 4 heteroatoms. The number of nitrogens with zero attached hydrogens (tertiary/aromatic N) is 2. The van der Waals surface area contributed by atoms with Gasteiger partial charge in [0.25, 0.3) is 0 Å². The van der Waals surface area contributed by atoms with Gasteiger partial charge < -0.3 is 16.0 Å². The Hall–Kier alpha value is -1.55. The van der Waals surface area contributed by atoms with E-state index in [2.05, 4.69) is 55.2 Å². The topological polar surface area (TPSA) is 53.6 Å². The molecule has 0 fully saturated rings. The SMILES string of the molecule is CCN(C)CCN=C(N)Nc1ccc(C)c(C)c1. The van der Waals surface area contributed by atoms with Gasteiger partial charge in [-0.3, -0.25) is 4.99 Å². The second-order valence-corrected chi connectivity index (χ2v) is 4.59. The van der Waals surface area contributed by atoms with Crippen LogP contribution >= 0.6 is 0 Å². The van der Waals surface area contributed by atoms with E-state index in [-0.39, 0.29) is 0 Å². The van der Waals surface area contributed by atoms with Gasteiger partial charge in [0.05, 0.1) is 6.54 Å². The maximum Gasteiger partial charge on any atom is 0.193 e. The van der Waals surface area contributed by atoms with E-state index in [1.165, 1.54) is 11.1 Å². The number of hydrogen-bond acceptors (Lipinski definition) is 2.